The summed E-state index contributed by atoms with van der Waals surface area (Å²) >= 11 is 10.6. The Kier molecular flexibility index (Phi) is 5.94. The van der Waals surface area contributed by atoms with Gasteiger partial charge in [-0.1, -0.05) is 39.7 Å². The maximum Gasteiger partial charge on any atom is 0.341 e. The molecule has 0 aliphatic heterocycles. The number of amides is 1. The number of ether oxygens (including phenoxy) is 1. The minimum Gasteiger partial charge on any atom is -0.462 e. The molecule has 4 aromatic rings. The summed E-state index contributed by atoms with van der Waals surface area (Å²) in [5.74, 6) is -0.802. The minimum absolute atomic E-state index is 0.152. The molecule has 0 fully saturated rings. The molecule has 0 bridgehead atoms. The maximum absolute atomic E-state index is 12.8. The molecule has 0 spiro atoms. The standard InChI is InChI=1S/C22H15BrClNO4S/c1-2-28-22(27)19-16(12-3-6-15(24)7-4-12)11-30-21(19)25-20(26)18-10-13-9-14(23)5-8-17(13)29-18/h3-11H,2H2,1H3,(H,25,26). The summed E-state index contributed by atoms with van der Waals surface area (Å²) in [7, 11) is 0. The maximum atomic E-state index is 12.8. The largest absolute Gasteiger partial charge is 0.462 e. The number of carbonyl (C=O) groups excluding carboxylic acids is 2. The Morgan fingerprint density at radius 2 is 1.93 bits per heavy atom. The molecule has 2 heterocycles. The molecule has 2 aromatic heterocycles. The Labute approximate surface area is 189 Å². The van der Waals surface area contributed by atoms with Crippen LogP contribution in [0.3, 0.4) is 0 Å². The van der Waals surface area contributed by atoms with E-state index < -0.39 is 11.9 Å². The van der Waals surface area contributed by atoms with Crippen LogP contribution < -0.4 is 5.32 Å². The van der Waals surface area contributed by atoms with Crippen LogP contribution in [-0.2, 0) is 4.74 Å². The number of esters is 1. The molecule has 1 amide bonds. The first-order valence-electron chi connectivity index (χ1n) is 9.01. The van der Waals surface area contributed by atoms with Gasteiger partial charge in [-0.05, 0) is 48.9 Å². The van der Waals surface area contributed by atoms with E-state index >= 15 is 0 Å². The van der Waals surface area contributed by atoms with Gasteiger partial charge in [-0.15, -0.1) is 11.3 Å². The number of hydrogen-bond donors (Lipinski definition) is 1. The van der Waals surface area contributed by atoms with Crippen LogP contribution in [0.25, 0.3) is 22.1 Å². The van der Waals surface area contributed by atoms with Crippen molar-refractivity contribution >= 4 is 66.7 Å². The highest BCUT2D eigenvalue weighted by molar-refractivity contribution is 9.10. The van der Waals surface area contributed by atoms with Gasteiger partial charge in [0, 0.05) is 25.8 Å². The molecule has 0 aliphatic rings. The fourth-order valence-electron chi connectivity index (χ4n) is 2.99. The first-order chi connectivity index (χ1) is 14.5. The smallest absolute Gasteiger partial charge is 0.341 e. The van der Waals surface area contributed by atoms with Crippen molar-refractivity contribution in [3.63, 3.8) is 0 Å². The summed E-state index contributed by atoms with van der Waals surface area (Å²) in [6.07, 6.45) is 0. The third-order valence-corrected chi connectivity index (χ3v) is 6.00. The van der Waals surface area contributed by atoms with Crippen LogP contribution in [0.15, 0.2) is 62.8 Å². The van der Waals surface area contributed by atoms with Gasteiger partial charge in [0.1, 0.15) is 16.1 Å². The van der Waals surface area contributed by atoms with Crippen molar-refractivity contribution in [1.29, 1.82) is 0 Å². The highest BCUT2D eigenvalue weighted by Gasteiger charge is 2.24. The van der Waals surface area contributed by atoms with Crippen molar-refractivity contribution in [2.24, 2.45) is 0 Å². The molecule has 4 rings (SSSR count). The normalized spacial score (nSPS) is 10.9. The number of furan rings is 1. The van der Waals surface area contributed by atoms with E-state index in [4.69, 9.17) is 20.8 Å². The molecule has 0 aliphatic carbocycles. The summed E-state index contributed by atoms with van der Waals surface area (Å²) < 4.78 is 11.8. The van der Waals surface area contributed by atoms with Gasteiger partial charge in [0.05, 0.1) is 6.61 Å². The molecule has 0 atom stereocenters. The van der Waals surface area contributed by atoms with E-state index in [0.717, 1.165) is 15.4 Å². The van der Waals surface area contributed by atoms with E-state index in [1.807, 2.05) is 24.3 Å². The zero-order valence-corrected chi connectivity index (χ0v) is 18.9. The molecule has 0 radical (unpaired) electrons. The SMILES string of the molecule is CCOC(=O)c1c(-c2ccc(Cl)cc2)csc1NC(=O)c1cc2cc(Br)ccc2o1. The van der Waals surface area contributed by atoms with Gasteiger partial charge < -0.3 is 14.5 Å². The van der Waals surface area contributed by atoms with Crippen molar-refractivity contribution in [1.82, 2.24) is 0 Å². The molecule has 0 unspecified atom stereocenters. The summed E-state index contributed by atoms with van der Waals surface area (Å²) in [6.45, 7) is 1.96. The molecule has 8 heteroatoms. The third kappa shape index (κ3) is 4.14. The first kappa shape index (κ1) is 20.7. The quantitative estimate of drug-likeness (QED) is 0.297. The lowest BCUT2D eigenvalue weighted by Gasteiger charge is -2.08. The predicted molar refractivity (Wildman–Crippen MR) is 123 cm³/mol. The van der Waals surface area contributed by atoms with Crippen molar-refractivity contribution in [2.45, 2.75) is 6.92 Å². The number of halogens is 2. The molecule has 2 aromatic carbocycles. The Bertz CT molecular complexity index is 1250. The second-order valence-electron chi connectivity index (χ2n) is 6.33. The summed E-state index contributed by atoms with van der Waals surface area (Å²) in [6, 6.07) is 14.3. The third-order valence-electron chi connectivity index (χ3n) is 4.36. The molecular formula is C22H15BrClNO4S. The first-order valence-corrected chi connectivity index (χ1v) is 11.1. The molecule has 30 heavy (non-hydrogen) atoms. The van der Waals surface area contributed by atoms with Crippen LogP contribution in [0.5, 0.6) is 0 Å². The van der Waals surface area contributed by atoms with E-state index in [9.17, 15) is 9.59 Å². The number of carbonyl (C=O) groups is 2. The van der Waals surface area contributed by atoms with E-state index in [0.29, 0.717) is 26.7 Å². The summed E-state index contributed by atoms with van der Waals surface area (Å²) in [5.41, 5.74) is 2.37. The van der Waals surface area contributed by atoms with Crippen molar-refractivity contribution in [3.05, 3.63) is 74.7 Å². The van der Waals surface area contributed by atoms with Gasteiger partial charge in [0.25, 0.3) is 5.91 Å². The number of thiophene rings is 1. The van der Waals surface area contributed by atoms with Crippen LogP contribution in [0.4, 0.5) is 5.00 Å². The lowest BCUT2D eigenvalue weighted by atomic mass is 10.0. The lowest BCUT2D eigenvalue weighted by molar-refractivity contribution is 0.0529. The number of benzene rings is 2. The minimum atomic E-state index is -0.507. The highest BCUT2D eigenvalue weighted by atomic mass is 79.9. The van der Waals surface area contributed by atoms with Crippen molar-refractivity contribution in [3.8, 4) is 11.1 Å². The molecule has 5 nitrogen and oxygen atoms in total. The van der Waals surface area contributed by atoms with Crippen LogP contribution in [-0.4, -0.2) is 18.5 Å². The second-order valence-corrected chi connectivity index (χ2v) is 8.56. The number of nitrogens with one attached hydrogen (secondary N) is 1. The number of rotatable bonds is 5. The Morgan fingerprint density at radius 1 is 1.17 bits per heavy atom. The topological polar surface area (TPSA) is 68.5 Å². The highest BCUT2D eigenvalue weighted by Crippen LogP contribution is 2.37. The molecule has 152 valence electrons. The molecule has 0 saturated carbocycles. The Balaban J connectivity index is 1.69. The number of hydrogen-bond acceptors (Lipinski definition) is 5. The summed E-state index contributed by atoms with van der Waals surface area (Å²) in [4.78, 5) is 25.5. The molecule has 1 N–H and O–H groups in total. The van der Waals surface area contributed by atoms with E-state index in [1.165, 1.54) is 11.3 Å². The predicted octanol–water partition coefficient (Wildman–Crippen LogP) is 7.01. The average molecular weight is 505 g/mol. The van der Waals surface area contributed by atoms with Gasteiger partial charge in [-0.3, -0.25) is 4.79 Å². The lowest BCUT2D eigenvalue weighted by Crippen LogP contribution is -2.14. The Hall–Kier alpha value is -2.61. The second kappa shape index (κ2) is 8.63. The van der Waals surface area contributed by atoms with Gasteiger partial charge in [-0.2, -0.15) is 0 Å². The average Bonchev–Trinajstić information content (AvgIpc) is 3.32. The van der Waals surface area contributed by atoms with Gasteiger partial charge in [-0.25, -0.2) is 4.79 Å². The van der Waals surface area contributed by atoms with Crippen LogP contribution in [0.2, 0.25) is 5.02 Å². The van der Waals surface area contributed by atoms with Crippen LogP contribution in [0.1, 0.15) is 27.8 Å². The Morgan fingerprint density at radius 3 is 2.67 bits per heavy atom. The van der Waals surface area contributed by atoms with E-state index in [1.54, 1.807) is 36.6 Å². The number of anilines is 1. The molecule has 0 saturated heterocycles. The van der Waals surface area contributed by atoms with E-state index in [2.05, 4.69) is 21.2 Å². The van der Waals surface area contributed by atoms with E-state index in [-0.39, 0.29) is 12.4 Å². The van der Waals surface area contributed by atoms with Gasteiger partial charge in [0.2, 0.25) is 0 Å². The fourth-order valence-corrected chi connectivity index (χ4v) is 4.45. The monoisotopic (exact) mass is 503 g/mol. The van der Waals surface area contributed by atoms with Crippen LogP contribution >= 0.6 is 38.9 Å². The van der Waals surface area contributed by atoms with Gasteiger partial charge in [0.15, 0.2) is 5.76 Å². The van der Waals surface area contributed by atoms with Crippen LogP contribution in [0, 0.1) is 0 Å². The van der Waals surface area contributed by atoms with Gasteiger partial charge >= 0.3 is 5.97 Å². The zero-order chi connectivity index (χ0) is 21.3. The molecular weight excluding hydrogens is 490 g/mol. The van der Waals surface area contributed by atoms with Crippen molar-refractivity contribution in [2.75, 3.05) is 11.9 Å². The number of fused-ring (bicyclic) bond motifs is 1. The fraction of sp³-hybridized carbons (Fsp3) is 0.0909. The summed E-state index contributed by atoms with van der Waals surface area (Å²) in [5, 5.41) is 6.38. The zero-order valence-electron chi connectivity index (χ0n) is 15.7. The van der Waals surface area contributed by atoms with Crippen molar-refractivity contribution < 1.29 is 18.7 Å².